The van der Waals surface area contributed by atoms with Crippen molar-refractivity contribution in [1.29, 1.82) is 0 Å². The molecule has 0 aliphatic carbocycles. The lowest BCUT2D eigenvalue weighted by atomic mass is 9.90. The molecule has 56 heavy (non-hydrogen) atoms. The van der Waals surface area contributed by atoms with Gasteiger partial charge in [-0.05, 0) is 55.6 Å². The molecule has 2 aromatic carbocycles. The molecule has 1 aliphatic heterocycles. The summed E-state index contributed by atoms with van der Waals surface area (Å²) in [6.45, 7) is 11.6. The number of morpholine rings is 1. The SMILES string of the molecule is CC(=O)OC[C@](C)(O)C(=O)[C@@H](CC(C)C)NC(=O)[C@H](Cc1ccccc1)NC(=O)[C@H](CC(C)C)NC(=O)[C@H](CCc1ccccc1)NC(=O)CN1CCOCC1. The first-order valence-electron chi connectivity index (χ1n) is 19.5. The van der Waals surface area contributed by atoms with Gasteiger partial charge in [0.1, 0.15) is 24.7 Å². The highest BCUT2D eigenvalue weighted by atomic mass is 16.5. The number of ketones is 1. The highest BCUT2D eigenvalue weighted by Crippen LogP contribution is 2.17. The summed E-state index contributed by atoms with van der Waals surface area (Å²) in [5.41, 5.74) is -0.367. The molecular weight excluding hydrogens is 718 g/mol. The van der Waals surface area contributed by atoms with Crippen LogP contribution in [0.4, 0.5) is 0 Å². The number of Topliss-reactive ketones (excluding diaryl/α,β-unsaturated/α-hetero) is 1. The van der Waals surface area contributed by atoms with Gasteiger partial charge in [-0.25, -0.2) is 0 Å². The van der Waals surface area contributed by atoms with Crippen LogP contribution in [0.5, 0.6) is 0 Å². The van der Waals surface area contributed by atoms with Crippen LogP contribution in [-0.2, 0) is 51.1 Å². The molecule has 1 fully saturated rings. The fraction of sp³-hybridized carbons (Fsp3) is 0.571. The van der Waals surface area contributed by atoms with E-state index in [1.54, 1.807) is 24.3 Å². The number of nitrogens with zero attached hydrogens (tertiary/aromatic N) is 1. The lowest BCUT2D eigenvalue weighted by Crippen LogP contribution is -2.60. The molecule has 1 saturated heterocycles. The average Bonchev–Trinajstić information content (AvgIpc) is 3.15. The highest BCUT2D eigenvalue weighted by molar-refractivity contribution is 5.98. The van der Waals surface area contributed by atoms with Crippen molar-refractivity contribution < 1.29 is 43.3 Å². The minimum Gasteiger partial charge on any atom is -0.462 e. The van der Waals surface area contributed by atoms with E-state index in [4.69, 9.17) is 9.47 Å². The Morgan fingerprint density at radius 2 is 1.23 bits per heavy atom. The monoisotopic (exact) mass is 779 g/mol. The third kappa shape index (κ3) is 16.2. The zero-order valence-electron chi connectivity index (χ0n) is 33.7. The number of rotatable bonds is 22. The van der Waals surface area contributed by atoms with E-state index in [2.05, 4.69) is 21.3 Å². The number of benzene rings is 2. The molecular formula is C42H61N5O9. The van der Waals surface area contributed by atoms with Crippen LogP contribution < -0.4 is 21.3 Å². The molecule has 308 valence electrons. The Labute approximate surface area is 330 Å². The number of carbonyl (C=O) groups is 6. The van der Waals surface area contributed by atoms with Crippen LogP contribution in [0.2, 0.25) is 0 Å². The molecule has 14 nitrogen and oxygen atoms in total. The summed E-state index contributed by atoms with van der Waals surface area (Å²) >= 11 is 0. The van der Waals surface area contributed by atoms with Gasteiger partial charge in [0.05, 0.1) is 25.8 Å². The molecule has 0 bridgehead atoms. The van der Waals surface area contributed by atoms with Crippen LogP contribution in [0.25, 0.3) is 0 Å². The molecule has 0 spiro atoms. The Morgan fingerprint density at radius 3 is 1.80 bits per heavy atom. The number of aryl methyl sites for hydroxylation is 1. The van der Waals surface area contributed by atoms with E-state index in [0.717, 1.165) is 18.1 Å². The van der Waals surface area contributed by atoms with Crippen molar-refractivity contribution in [2.45, 2.75) is 103 Å². The Bertz CT molecular complexity index is 1580. The summed E-state index contributed by atoms with van der Waals surface area (Å²) in [6.07, 6.45) is 1.25. The molecule has 3 rings (SSSR count). The van der Waals surface area contributed by atoms with Gasteiger partial charge < -0.3 is 35.8 Å². The quantitative estimate of drug-likeness (QED) is 0.111. The van der Waals surface area contributed by atoms with E-state index >= 15 is 0 Å². The van der Waals surface area contributed by atoms with Gasteiger partial charge in [-0.3, -0.25) is 33.7 Å². The maximum absolute atomic E-state index is 14.1. The molecule has 5 atom stereocenters. The predicted molar refractivity (Wildman–Crippen MR) is 211 cm³/mol. The van der Waals surface area contributed by atoms with E-state index in [0.29, 0.717) is 32.7 Å². The largest absolute Gasteiger partial charge is 0.462 e. The van der Waals surface area contributed by atoms with Crippen LogP contribution in [-0.4, -0.2) is 115 Å². The molecule has 0 aromatic heterocycles. The fourth-order valence-electron chi connectivity index (χ4n) is 6.40. The van der Waals surface area contributed by atoms with E-state index in [9.17, 15) is 33.9 Å². The molecule has 14 heteroatoms. The molecule has 0 saturated carbocycles. The van der Waals surface area contributed by atoms with Crippen molar-refractivity contribution in [3.63, 3.8) is 0 Å². The van der Waals surface area contributed by atoms with Gasteiger partial charge in [0.15, 0.2) is 11.4 Å². The van der Waals surface area contributed by atoms with Gasteiger partial charge in [0, 0.05) is 26.4 Å². The minimum atomic E-state index is -2.09. The third-order valence-corrected chi connectivity index (χ3v) is 9.37. The van der Waals surface area contributed by atoms with Crippen molar-refractivity contribution in [1.82, 2.24) is 26.2 Å². The lowest BCUT2D eigenvalue weighted by molar-refractivity contribution is -0.156. The third-order valence-electron chi connectivity index (χ3n) is 9.37. The molecule has 0 radical (unpaired) electrons. The average molecular weight is 780 g/mol. The Hall–Kier alpha value is -4.66. The van der Waals surface area contributed by atoms with Crippen LogP contribution in [0.15, 0.2) is 60.7 Å². The van der Waals surface area contributed by atoms with E-state index in [1.165, 1.54) is 6.92 Å². The maximum Gasteiger partial charge on any atom is 0.302 e. The molecule has 1 heterocycles. The maximum atomic E-state index is 14.1. The second-order valence-corrected chi connectivity index (χ2v) is 15.6. The number of aliphatic hydroxyl groups is 1. The van der Waals surface area contributed by atoms with Gasteiger partial charge in [-0.2, -0.15) is 0 Å². The number of nitrogens with one attached hydrogen (secondary N) is 4. The number of carbonyl (C=O) groups excluding carboxylic acids is 6. The lowest BCUT2D eigenvalue weighted by Gasteiger charge is -2.30. The van der Waals surface area contributed by atoms with Gasteiger partial charge >= 0.3 is 5.97 Å². The number of hydrogen-bond donors (Lipinski definition) is 5. The number of amides is 4. The first kappa shape index (κ1) is 45.7. The number of esters is 1. The smallest absolute Gasteiger partial charge is 0.302 e. The summed E-state index contributed by atoms with van der Waals surface area (Å²) in [5.74, 6) is -3.67. The summed E-state index contributed by atoms with van der Waals surface area (Å²) < 4.78 is 10.3. The second-order valence-electron chi connectivity index (χ2n) is 15.6. The first-order valence-corrected chi connectivity index (χ1v) is 19.5. The van der Waals surface area contributed by atoms with Gasteiger partial charge in [-0.1, -0.05) is 88.4 Å². The second kappa shape index (κ2) is 22.8. The van der Waals surface area contributed by atoms with Crippen molar-refractivity contribution in [2.75, 3.05) is 39.5 Å². The fourth-order valence-corrected chi connectivity index (χ4v) is 6.40. The highest BCUT2D eigenvalue weighted by Gasteiger charge is 2.39. The zero-order chi connectivity index (χ0) is 41.3. The van der Waals surface area contributed by atoms with Crippen molar-refractivity contribution in [2.24, 2.45) is 11.8 Å². The van der Waals surface area contributed by atoms with Gasteiger partial charge in [0.25, 0.3) is 0 Å². The summed E-state index contributed by atoms with van der Waals surface area (Å²) in [6, 6.07) is 14.3. The normalized spacial score (nSPS) is 16.4. The van der Waals surface area contributed by atoms with Crippen molar-refractivity contribution in [3.8, 4) is 0 Å². The Morgan fingerprint density at radius 1 is 0.732 bits per heavy atom. The summed E-state index contributed by atoms with van der Waals surface area (Å²) in [5, 5.41) is 22.3. The van der Waals surface area contributed by atoms with Gasteiger partial charge in [-0.15, -0.1) is 0 Å². The van der Waals surface area contributed by atoms with Crippen molar-refractivity contribution in [3.05, 3.63) is 71.8 Å². The van der Waals surface area contributed by atoms with Crippen LogP contribution in [0.3, 0.4) is 0 Å². The summed E-state index contributed by atoms with van der Waals surface area (Å²) in [7, 11) is 0. The van der Waals surface area contributed by atoms with Crippen LogP contribution >= 0.6 is 0 Å². The number of ether oxygens (including phenoxy) is 2. The van der Waals surface area contributed by atoms with E-state index < -0.39 is 65.8 Å². The van der Waals surface area contributed by atoms with E-state index in [1.807, 2.05) is 69.0 Å². The van der Waals surface area contributed by atoms with E-state index in [-0.39, 0.29) is 50.0 Å². The molecule has 1 aliphatic rings. The summed E-state index contributed by atoms with van der Waals surface area (Å²) in [4.78, 5) is 82.4. The Kier molecular flexibility index (Phi) is 18.6. The van der Waals surface area contributed by atoms with Crippen molar-refractivity contribution >= 4 is 35.4 Å². The molecule has 5 N–H and O–H groups in total. The standard InChI is InChI=1S/C42H61N5O9/c1-28(2)23-34(38(50)42(6,54)27-56-30(5)48)44-41(53)36(25-32-15-11-8-12-16-32)46-40(52)35(24-29(3)4)45-39(51)33(18-17-31-13-9-7-10-14-31)43-37(49)26-47-19-21-55-22-20-47/h7-16,28-29,33-36,54H,17-27H2,1-6H3,(H,43,49)(H,44,53)(H,45,51)(H,46,52)/t33-,34+,35-,36-,42-/m0/s1. The van der Waals surface area contributed by atoms with Gasteiger partial charge in [0.2, 0.25) is 23.6 Å². The first-order chi connectivity index (χ1) is 26.5. The number of hydrogen-bond acceptors (Lipinski definition) is 10. The zero-order valence-corrected chi connectivity index (χ0v) is 33.7. The topological polar surface area (TPSA) is 192 Å². The Balaban J connectivity index is 1.85. The predicted octanol–water partition coefficient (Wildman–Crippen LogP) is 2.11. The minimum absolute atomic E-state index is 0.0429. The van der Waals surface area contributed by atoms with Crippen LogP contribution in [0, 0.1) is 11.8 Å². The molecule has 4 amide bonds. The van der Waals surface area contributed by atoms with Crippen LogP contribution in [0.1, 0.15) is 71.9 Å². The molecule has 0 unspecified atom stereocenters. The molecule has 2 aromatic rings.